The van der Waals surface area contributed by atoms with Crippen molar-refractivity contribution >= 4 is 28.6 Å². The number of nitrogens with one attached hydrogen (secondary N) is 2. The first-order valence-corrected chi connectivity index (χ1v) is 8.74. The zero-order valence-electron chi connectivity index (χ0n) is 14.5. The van der Waals surface area contributed by atoms with Crippen LogP contribution in [0, 0.1) is 11.7 Å². The molecule has 6 nitrogen and oxygen atoms in total. The number of hydrogen-bond acceptors (Lipinski definition) is 4. The molecule has 1 aliphatic heterocycles. The van der Waals surface area contributed by atoms with E-state index in [2.05, 4.69) is 15.3 Å². The number of halogens is 1. The van der Waals surface area contributed by atoms with Gasteiger partial charge in [-0.05, 0) is 35.9 Å². The van der Waals surface area contributed by atoms with Gasteiger partial charge in [0.15, 0.2) is 0 Å². The number of ether oxygens (including phenoxy) is 1. The molecular formula is C20H18FN3O3. The van der Waals surface area contributed by atoms with E-state index in [1.807, 2.05) is 12.1 Å². The van der Waals surface area contributed by atoms with Gasteiger partial charge < -0.3 is 15.0 Å². The van der Waals surface area contributed by atoms with Crippen LogP contribution >= 0.6 is 0 Å². The van der Waals surface area contributed by atoms with Crippen LogP contribution in [0.2, 0.25) is 0 Å². The molecule has 2 aromatic carbocycles. The van der Waals surface area contributed by atoms with Crippen molar-refractivity contribution in [2.45, 2.75) is 19.3 Å². The van der Waals surface area contributed by atoms with Crippen LogP contribution in [0.25, 0.3) is 11.0 Å². The Morgan fingerprint density at radius 3 is 2.81 bits per heavy atom. The highest BCUT2D eigenvalue weighted by Crippen LogP contribution is 2.21. The summed E-state index contributed by atoms with van der Waals surface area (Å²) in [6, 6.07) is 11.8. The van der Waals surface area contributed by atoms with Gasteiger partial charge >= 0.3 is 5.97 Å². The molecule has 1 aromatic heterocycles. The number of anilines is 1. The minimum absolute atomic E-state index is 0.0595. The molecule has 3 aromatic rings. The van der Waals surface area contributed by atoms with Crippen LogP contribution in [0.5, 0.6) is 0 Å². The van der Waals surface area contributed by atoms with Crippen molar-refractivity contribution in [3.63, 3.8) is 0 Å². The van der Waals surface area contributed by atoms with E-state index in [-0.39, 0.29) is 30.0 Å². The maximum atomic E-state index is 13.0. The van der Waals surface area contributed by atoms with E-state index in [1.165, 1.54) is 12.1 Å². The number of fused-ring (bicyclic) bond motifs is 1. The molecule has 1 unspecified atom stereocenters. The van der Waals surface area contributed by atoms with Gasteiger partial charge in [0.2, 0.25) is 5.91 Å². The van der Waals surface area contributed by atoms with Crippen LogP contribution in [0.15, 0.2) is 42.5 Å². The molecule has 1 fully saturated rings. The number of nitrogens with zero attached hydrogens (tertiary/aromatic N) is 1. The summed E-state index contributed by atoms with van der Waals surface area (Å²) in [5.74, 6) is 0.0405. The lowest BCUT2D eigenvalue weighted by atomic mass is 10.0. The first-order valence-electron chi connectivity index (χ1n) is 8.74. The standard InChI is InChI=1S/C20H18FN3O3/c21-14-3-1-12(2-4-14)7-18-23-16-6-5-15(10-17(16)24-18)22-19(25)8-13-9-20(26)27-11-13/h1-6,10,13H,7-9,11H2,(H,22,25)(H,23,24). The molecule has 138 valence electrons. The number of aromatic nitrogens is 2. The first kappa shape index (κ1) is 17.2. The average molecular weight is 367 g/mol. The fourth-order valence-corrected chi connectivity index (χ4v) is 3.19. The van der Waals surface area contributed by atoms with Crippen LogP contribution in [-0.4, -0.2) is 28.5 Å². The number of carbonyl (C=O) groups excluding carboxylic acids is 2. The number of aromatic amines is 1. The number of rotatable bonds is 5. The Labute approximate surface area is 154 Å². The summed E-state index contributed by atoms with van der Waals surface area (Å²) in [5.41, 5.74) is 3.22. The summed E-state index contributed by atoms with van der Waals surface area (Å²) in [6.45, 7) is 0.304. The van der Waals surface area contributed by atoms with Crippen molar-refractivity contribution in [2.24, 2.45) is 5.92 Å². The molecule has 0 radical (unpaired) electrons. The predicted octanol–water partition coefficient (Wildman–Crippen LogP) is 3.18. The smallest absolute Gasteiger partial charge is 0.306 e. The van der Waals surface area contributed by atoms with Gasteiger partial charge in [0.1, 0.15) is 11.6 Å². The van der Waals surface area contributed by atoms with Gasteiger partial charge in [0, 0.05) is 24.4 Å². The topological polar surface area (TPSA) is 84.1 Å². The second-order valence-electron chi connectivity index (χ2n) is 6.72. The Kier molecular flexibility index (Phi) is 4.58. The van der Waals surface area contributed by atoms with Crippen molar-refractivity contribution in [3.8, 4) is 0 Å². The second-order valence-corrected chi connectivity index (χ2v) is 6.72. The van der Waals surface area contributed by atoms with E-state index in [4.69, 9.17) is 4.74 Å². The predicted molar refractivity (Wildman–Crippen MR) is 97.6 cm³/mol. The number of amides is 1. The van der Waals surface area contributed by atoms with Crippen LogP contribution in [0.4, 0.5) is 10.1 Å². The highest BCUT2D eigenvalue weighted by atomic mass is 19.1. The largest absolute Gasteiger partial charge is 0.465 e. The van der Waals surface area contributed by atoms with E-state index in [9.17, 15) is 14.0 Å². The molecule has 1 amide bonds. The number of carbonyl (C=O) groups is 2. The maximum absolute atomic E-state index is 13.0. The lowest BCUT2D eigenvalue weighted by Crippen LogP contribution is -2.16. The molecule has 2 heterocycles. The lowest BCUT2D eigenvalue weighted by Gasteiger charge is -2.07. The van der Waals surface area contributed by atoms with Crippen molar-refractivity contribution in [3.05, 3.63) is 59.7 Å². The van der Waals surface area contributed by atoms with E-state index < -0.39 is 0 Å². The molecule has 7 heteroatoms. The van der Waals surface area contributed by atoms with E-state index in [0.717, 1.165) is 22.4 Å². The van der Waals surface area contributed by atoms with Crippen LogP contribution in [0.1, 0.15) is 24.2 Å². The molecule has 1 saturated heterocycles. The molecule has 0 aliphatic carbocycles. The minimum atomic E-state index is -0.266. The number of H-pyrrole nitrogens is 1. The van der Waals surface area contributed by atoms with Gasteiger partial charge in [-0.15, -0.1) is 0 Å². The maximum Gasteiger partial charge on any atom is 0.306 e. The molecule has 2 N–H and O–H groups in total. The van der Waals surface area contributed by atoms with E-state index in [1.54, 1.807) is 18.2 Å². The molecular weight excluding hydrogens is 349 g/mol. The molecule has 0 bridgehead atoms. The minimum Gasteiger partial charge on any atom is -0.465 e. The summed E-state index contributed by atoms with van der Waals surface area (Å²) in [5, 5.41) is 2.85. The Bertz CT molecular complexity index is 997. The summed E-state index contributed by atoms with van der Waals surface area (Å²) in [4.78, 5) is 31.0. The zero-order chi connectivity index (χ0) is 18.8. The fourth-order valence-electron chi connectivity index (χ4n) is 3.19. The monoisotopic (exact) mass is 367 g/mol. The molecule has 1 atom stereocenters. The van der Waals surface area contributed by atoms with Gasteiger partial charge in [-0.2, -0.15) is 0 Å². The number of imidazole rings is 1. The molecule has 0 spiro atoms. The van der Waals surface area contributed by atoms with Crippen LogP contribution in [0.3, 0.4) is 0 Å². The first-order chi connectivity index (χ1) is 13.0. The summed E-state index contributed by atoms with van der Waals surface area (Å²) in [6.07, 6.45) is 1.11. The molecule has 1 aliphatic rings. The second kappa shape index (κ2) is 7.19. The lowest BCUT2D eigenvalue weighted by molar-refractivity contribution is -0.138. The van der Waals surface area contributed by atoms with Crippen LogP contribution < -0.4 is 5.32 Å². The third kappa shape index (κ3) is 4.13. The number of benzene rings is 2. The van der Waals surface area contributed by atoms with Crippen molar-refractivity contribution in [1.82, 2.24) is 9.97 Å². The van der Waals surface area contributed by atoms with Gasteiger partial charge in [-0.1, -0.05) is 12.1 Å². The Hall–Kier alpha value is -3.22. The van der Waals surface area contributed by atoms with Crippen molar-refractivity contribution < 1.29 is 18.7 Å². The Morgan fingerprint density at radius 2 is 2.07 bits per heavy atom. The van der Waals surface area contributed by atoms with Gasteiger partial charge in [0.25, 0.3) is 0 Å². The average Bonchev–Trinajstić information content (AvgIpc) is 3.22. The Morgan fingerprint density at radius 1 is 1.26 bits per heavy atom. The third-order valence-corrected chi connectivity index (χ3v) is 4.51. The highest BCUT2D eigenvalue weighted by molar-refractivity contribution is 5.93. The van der Waals surface area contributed by atoms with Crippen LogP contribution in [-0.2, 0) is 20.7 Å². The normalized spacial score (nSPS) is 16.5. The number of esters is 1. The number of cyclic esters (lactones) is 1. The molecule has 0 saturated carbocycles. The van der Waals surface area contributed by atoms with E-state index >= 15 is 0 Å². The SMILES string of the molecule is O=C(CC1COC(=O)C1)Nc1ccc2nc(Cc3ccc(F)cc3)[nH]c2c1. The molecule has 27 heavy (non-hydrogen) atoms. The fraction of sp³-hybridized carbons (Fsp3) is 0.250. The number of hydrogen-bond donors (Lipinski definition) is 2. The van der Waals surface area contributed by atoms with Gasteiger partial charge in [0.05, 0.1) is 24.1 Å². The zero-order valence-corrected chi connectivity index (χ0v) is 14.5. The van der Waals surface area contributed by atoms with Crippen molar-refractivity contribution in [2.75, 3.05) is 11.9 Å². The van der Waals surface area contributed by atoms with Gasteiger partial charge in [-0.3, -0.25) is 9.59 Å². The van der Waals surface area contributed by atoms with E-state index in [0.29, 0.717) is 25.1 Å². The highest BCUT2D eigenvalue weighted by Gasteiger charge is 2.25. The third-order valence-electron chi connectivity index (χ3n) is 4.51. The summed E-state index contributed by atoms with van der Waals surface area (Å²) >= 11 is 0. The Balaban J connectivity index is 1.43. The molecule has 4 rings (SSSR count). The quantitative estimate of drug-likeness (QED) is 0.679. The summed E-state index contributed by atoms with van der Waals surface area (Å²) in [7, 11) is 0. The summed E-state index contributed by atoms with van der Waals surface area (Å²) < 4.78 is 17.9. The van der Waals surface area contributed by atoms with Crippen molar-refractivity contribution in [1.29, 1.82) is 0 Å². The van der Waals surface area contributed by atoms with Gasteiger partial charge in [-0.25, -0.2) is 9.37 Å².